The molecule has 1 amide bonds. The average molecular weight is 522 g/mol. The van der Waals surface area contributed by atoms with Crippen molar-refractivity contribution in [3.63, 3.8) is 0 Å². The SMILES string of the molecule is Cc1ccc(-c2csc(-n3nc(C)cc3NC(=O)c3ccc(S(=O)(=O)N4CCCCC4)cc3)n2)cc1. The number of thiazole rings is 1. The van der Waals surface area contributed by atoms with Gasteiger partial charge in [0, 0.05) is 35.7 Å². The molecule has 0 radical (unpaired) electrons. The molecule has 4 aromatic rings. The maximum Gasteiger partial charge on any atom is 0.256 e. The summed E-state index contributed by atoms with van der Waals surface area (Å²) in [5.41, 5.74) is 4.12. The van der Waals surface area contributed by atoms with E-state index < -0.39 is 10.0 Å². The second kappa shape index (κ2) is 9.96. The third-order valence-electron chi connectivity index (χ3n) is 6.16. The molecule has 10 heteroatoms. The second-order valence-electron chi connectivity index (χ2n) is 8.91. The minimum Gasteiger partial charge on any atom is -0.306 e. The molecule has 5 rings (SSSR count). The number of hydrogen-bond acceptors (Lipinski definition) is 6. The van der Waals surface area contributed by atoms with Crippen LogP contribution >= 0.6 is 11.3 Å². The van der Waals surface area contributed by atoms with Gasteiger partial charge in [0.05, 0.1) is 16.3 Å². The van der Waals surface area contributed by atoms with Crippen LogP contribution in [0.3, 0.4) is 0 Å². The summed E-state index contributed by atoms with van der Waals surface area (Å²) in [6.45, 7) is 4.96. The third kappa shape index (κ3) is 4.97. The topological polar surface area (TPSA) is 97.2 Å². The lowest BCUT2D eigenvalue weighted by Gasteiger charge is -2.25. The molecule has 0 atom stereocenters. The lowest BCUT2D eigenvalue weighted by Crippen LogP contribution is -2.35. The Kier molecular flexibility index (Phi) is 6.74. The summed E-state index contributed by atoms with van der Waals surface area (Å²) in [5, 5.41) is 10.0. The van der Waals surface area contributed by atoms with Crippen LogP contribution in [0.2, 0.25) is 0 Å². The van der Waals surface area contributed by atoms with Crippen LogP contribution in [0.5, 0.6) is 0 Å². The number of amides is 1. The van der Waals surface area contributed by atoms with Gasteiger partial charge in [-0.1, -0.05) is 36.2 Å². The third-order valence-corrected chi connectivity index (χ3v) is 8.89. The molecule has 2 aromatic carbocycles. The Balaban J connectivity index is 1.34. The van der Waals surface area contributed by atoms with Crippen molar-refractivity contribution < 1.29 is 13.2 Å². The standard InChI is InChI=1S/C26H27N5O3S2/c1-18-6-8-20(9-7-18)23-17-35-26(27-23)31-24(16-19(2)29-31)28-25(32)21-10-12-22(13-11-21)36(33,34)30-14-4-3-5-15-30/h6-13,16-17H,3-5,14-15H2,1-2H3,(H,28,32). The number of nitrogens with one attached hydrogen (secondary N) is 1. The molecular weight excluding hydrogens is 494 g/mol. The number of carbonyl (C=O) groups is 1. The van der Waals surface area contributed by atoms with Crippen molar-refractivity contribution in [1.82, 2.24) is 19.1 Å². The minimum absolute atomic E-state index is 0.202. The molecule has 0 spiro atoms. The van der Waals surface area contributed by atoms with Crippen molar-refractivity contribution in [2.75, 3.05) is 18.4 Å². The first-order valence-electron chi connectivity index (χ1n) is 11.8. The summed E-state index contributed by atoms with van der Waals surface area (Å²) < 4.78 is 28.9. The molecule has 1 aliphatic rings. The number of aromatic nitrogens is 3. The number of rotatable bonds is 6. The number of hydrogen-bond donors (Lipinski definition) is 1. The summed E-state index contributed by atoms with van der Waals surface area (Å²) in [6, 6.07) is 16.0. The highest BCUT2D eigenvalue weighted by atomic mass is 32.2. The van der Waals surface area contributed by atoms with E-state index in [1.165, 1.54) is 33.3 Å². The number of nitrogens with zero attached hydrogens (tertiary/aromatic N) is 4. The van der Waals surface area contributed by atoms with Gasteiger partial charge in [0.2, 0.25) is 15.2 Å². The molecule has 0 aliphatic carbocycles. The first kappa shape index (κ1) is 24.4. The maximum atomic E-state index is 13.0. The Bertz CT molecular complexity index is 1480. The maximum absolute atomic E-state index is 13.0. The highest BCUT2D eigenvalue weighted by molar-refractivity contribution is 7.89. The van der Waals surface area contributed by atoms with Gasteiger partial charge < -0.3 is 5.32 Å². The number of aryl methyl sites for hydroxylation is 2. The number of benzene rings is 2. The van der Waals surface area contributed by atoms with Gasteiger partial charge in [-0.05, 0) is 51.0 Å². The zero-order chi connectivity index (χ0) is 25.3. The molecule has 2 aromatic heterocycles. The van der Waals surface area contributed by atoms with Gasteiger partial charge in [0.25, 0.3) is 5.91 Å². The molecule has 1 aliphatic heterocycles. The van der Waals surface area contributed by atoms with Crippen molar-refractivity contribution in [2.24, 2.45) is 0 Å². The lowest BCUT2D eigenvalue weighted by molar-refractivity contribution is 0.102. The minimum atomic E-state index is -3.55. The molecule has 36 heavy (non-hydrogen) atoms. The summed E-state index contributed by atoms with van der Waals surface area (Å²) in [7, 11) is -3.55. The number of sulfonamides is 1. The molecule has 186 valence electrons. The number of piperidine rings is 1. The molecule has 8 nitrogen and oxygen atoms in total. The van der Waals surface area contributed by atoms with Gasteiger partial charge in [-0.3, -0.25) is 4.79 Å². The van der Waals surface area contributed by atoms with E-state index in [2.05, 4.69) is 10.4 Å². The van der Waals surface area contributed by atoms with Gasteiger partial charge in [-0.15, -0.1) is 11.3 Å². The van der Waals surface area contributed by atoms with Crippen LogP contribution in [-0.4, -0.2) is 46.5 Å². The quantitative estimate of drug-likeness (QED) is 0.383. The van der Waals surface area contributed by atoms with Gasteiger partial charge >= 0.3 is 0 Å². The Morgan fingerprint density at radius 1 is 0.972 bits per heavy atom. The van der Waals surface area contributed by atoms with Crippen molar-refractivity contribution >= 4 is 33.1 Å². The second-order valence-corrected chi connectivity index (χ2v) is 11.7. The van der Waals surface area contributed by atoms with Crippen LogP contribution in [0, 0.1) is 13.8 Å². The van der Waals surface area contributed by atoms with E-state index in [0.29, 0.717) is 29.6 Å². The zero-order valence-corrected chi connectivity index (χ0v) is 21.8. The smallest absolute Gasteiger partial charge is 0.256 e. The fraction of sp³-hybridized carbons (Fsp3) is 0.269. The van der Waals surface area contributed by atoms with Gasteiger partial charge in [0.15, 0.2) is 0 Å². The van der Waals surface area contributed by atoms with Crippen LogP contribution in [0.1, 0.15) is 40.9 Å². The van der Waals surface area contributed by atoms with Crippen molar-refractivity contribution in [1.29, 1.82) is 0 Å². The molecule has 0 saturated carbocycles. The van der Waals surface area contributed by atoms with Crippen molar-refractivity contribution in [2.45, 2.75) is 38.0 Å². The van der Waals surface area contributed by atoms with Crippen LogP contribution in [0.4, 0.5) is 5.82 Å². The van der Waals surface area contributed by atoms with E-state index in [1.54, 1.807) is 22.9 Å². The average Bonchev–Trinajstić information content (AvgIpc) is 3.51. The molecule has 0 bridgehead atoms. The molecule has 1 saturated heterocycles. The fourth-order valence-electron chi connectivity index (χ4n) is 4.17. The molecular formula is C26H27N5O3S2. The summed E-state index contributed by atoms with van der Waals surface area (Å²) in [5.74, 6) is 0.140. The van der Waals surface area contributed by atoms with Gasteiger partial charge in [-0.25, -0.2) is 13.4 Å². The van der Waals surface area contributed by atoms with Gasteiger partial charge in [0.1, 0.15) is 5.82 Å². The highest BCUT2D eigenvalue weighted by Gasteiger charge is 2.26. The van der Waals surface area contributed by atoms with Crippen LogP contribution in [0.15, 0.2) is 64.9 Å². The fourth-order valence-corrected chi connectivity index (χ4v) is 6.49. The first-order chi connectivity index (χ1) is 17.3. The van der Waals surface area contributed by atoms with Crippen molar-refractivity contribution in [3.8, 4) is 16.4 Å². The Labute approximate surface area is 214 Å². The predicted octanol–water partition coefficient (Wildman–Crippen LogP) is 5.04. The summed E-state index contributed by atoms with van der Waals surface area (Å²) in [6.07, 6.45) is 2.80. The predicted molar refractivity (Wildman–Crippen MR) is 141 cm³/mol. The number of anilines is 1. The van der Waals surface area contributed by atoms with Crippen LogP contribution in [-0.2, 0) is 10.0 Å². The van der Waals surface area contributed by atoms with E-state index in [4.69, 9.17) is 4.98 Å². The first-order valence-corrected chi connectivity index (χ1v) is 14.1. The number of carbonyl (C=O) groups excluding carboxylic acids is 1. The van der Waals surface area contributed by atoms with Crippen LogP contribution in [0.25, 0.3) is 16.4 Å². The largest absolute Gasteiger partial charge is 0.306 e. The summed E-state index contributed by atoms with van der Waals surface area (Å²) >= 11 is 1.44. The van der Waals surface area contributed by atoms with Crippen LogP contribution < -0.4 is 5.32 Å². The molecule has 1 fully saturated rings. The molecule has 1 N–H and O–H groups in total. The summed E-state index contributed by atoms with van der Waals surface area (Å²) in [4.78, 5) is 17.9. The Morgan fingerprint density at radius 2 is 1.67 bits per heavy atom. The monoisotopic (exact) mass is 521 g/mol. The van der Waals surface area contributed by atoms with Gasteiger partial charge in [-0.2, -0.15) is 14.1 Å². The van der Waals surface area contributed by atoms with E-state index in [9.17, 15) is 13.2 Å². The van der Waals surface area contributed by atoms with E-state index >= 15 is 0 Å². The Hall–Kier alpha value is -3.34. The zero-order valence-electron chi connectivity index (χ0n) is 20.1. The molecule has 0 unspecified atom stereocenters. The Morgan fingerprint density at radius 3 is 2.36 bits per heavy atom. The van der Waals surface area contributed by atoms with E-state index in [1.807, 2.05) is 43.5 Å². The van der Waals surface area contributed by atoms with Crippen molar-refractivity contribution in [3.05, 3.63) is 76.8 Å². The normalized spacial score (nSPS) is 14.6. The van der Waals surface area contributed by atoms with E-state index in [0.717, 1.165) is 36.2 Å². The van der Waals surface area contributed by atoms with E-state index in [-0.39, 0.29) is 10.8 Å². The highest BCUT2D eigenvalue weighted by Crippen LogP contribution is 2.27. The lowest BCUT2D eigenvalue weighted by atomic mass is 10.1. The molecule has 3 heterocycles.